The zero-order valence-corrected chi connectivity index (χ0v) is 19.2. The van der Waals surface area contributed by atoms with Gasteiger partial charge in [-0.3, -0.25) is 0 Å². The largest absolute Gasteiger partial charge is 0.469 e. The average Bonchev–Trinajstić information content (AvgIpc) is 3.23. The number of hydrogen-bond acceptors (Lipinski definition) is 5. The van der Waals surface area contributed by atoms with Gasteiger partial charge in [0.1, 0.15) is 0 Å². The van der Waals surface area contributed by atoms with Crippen molar-refractivity contribution in [2.45, 2.75) is 6.42 Å². The number of benzene rings is 2. The molecular formula is C18H25ClGeN4S2-3. The predicted octanol–water partition coefficient (Wildman–Crippen LogP) is 2.46. The van der Waals surface area contributed by atoms with E-state index in [4.69, 9.17) is 11.5 Å². The van der Waals surface area contributed by atoms with Crippen molar-refractivity contribution >= 4 is 67.5 Å². The third-order valence-corrected chi connectivity index (χ3v) is 3.62. The van der Waals surface area contributed by atoms with Crippen LogP contribution in [0.4, 0.5) is 0 Å². The van der Waals surface area contributed by atoms with Gasteiger partial charge in [-0.25, -0.2) is 0 Å². The summed E-state index contributed by atoms with van der Waals surface area (Å²) in [4.78, 5) is 4.39. The summed E-state index contributed by atoms with van der Waals surface area (Å²) < 4.78 is 0. The Bertz CT molecular complexity index is 616. The van der Waals surface area contributed by atoms with E-state index in [1.165, 1.54) is 31.9 Å². The van der Waals surface area contributed by atoms with Crippen LogP contribution in [0.25, 0.3) is 16.1 Å². The second kappa shape index (κ2) is 18.0. The van der Waals surface area contributed by atoms with Gasteiger partial charge in [0.25, 0.3) is 0 Å². The van der Waals surface area contributed by atoms with E-state index in [-0.39, 0.29) is 0 Å². The Balaban J connectivity index is 0.000000529. The first-order chi connectivity index (χ1) is 12.8. The fraction of sp³-hybridized carbons (Fsp3) is 0.389. The zero-order valence-electron chi connectivity index (χ0n) is 14.7. The first kappa shape index (κ1) is 25.6. The van der Waals surface area contributed by atoms with E-state index in [9.17, 15) is 0 Å². The van der Waals surface area contributed by atoms with Crippen LogP contribution in [0, 0.1) is 0 Å². The smallest absolute Gasteiger partial charge is 0.0103 e. The number of nitrogens with two attached hydrogens (primary N) is 2. The van der Waals surface area contributed by atoms with Gasteiger partial charge >= 0.3 is 25.6 Å². The van der Waals surface area contributed by atoms with Crippen molar-refractivity contribution in [3.05, 3.63) is 53.3 Å². The van der Waals surface area contributed by atoms with Crippen molar-refractivity contribution in [2.75, 3.05) is 37.7 Å². The second-order valence-corrected chi connectivity index (χ2v) is 5.80. The molecular weight excluding hydrogens is 444 g/mol. The van der Waals surface area contributed by atoms with Gasteiger partial charge in [-0.05, 0) is 35.8 Å². The first-order valence-corrected chi connectivity index (χ1v) is 12.1. The minimum Gasteiger partial charge on any atom is -0.469 e. The Morgan fingerprint density at radius 3 is 2.12 bits per heavy atom. The van der Waals surface area contributed by atoms with Crippen LogP contribution < -0.4 is 11.5 Å². The maximum absolute atomic E-state index is 4.92. The quantitative estimate of drug-likeness (QED) is 0.533. The Hall–Kier alpha value is -0.377. The number of nitrogens with zero attached hydrogens (tertiary/aromatic N) is 2. The molecule has 1 heterocycles. The summed E-state index contributed by atoms with van der Waals surface area (Å²) in [6.07, 6.45) is 0.862. The second-order valence-electron chi connectivity index (χ2n) is 4.98. The SMILES string of the molecule is NCC[S-].NCC[S-].[Cl][Ge].c1ccc2c(CC3=NCC[N-]3)cccc2c1. The summed E-state index contributed by atoms with van der Waals surface area (Å²) in [6.45, 7) is 2.99. The van der Waals surface area contributed by atoms with E-state index in [0.29, 0.717) is 24.6 Å². The molecule has 0 atom stereocenters. The Kier molecular flexibility index (Phi) is 17.7. The molecule has 0 saturated heterocycles. The molecule has 4 nitrogen and oxygen atoms in total. The van der Waals surface area contributed by atoms with Crippen LogP contribution in [0.5, 0.6) is 0 Å². The van der Waals surface area contributed by atoms with Gasteiger partial charge in [-0.2, -0.15) is 11.5 Å². The topological polar surface area (TPSA) is 78.5 Å². The van der Waals surface area contributed by atoms with Gasteiger partial charge < -0.3 is 47.0 Å². The van der Waals surface area contributed by atoms with Crippen molar-refractivity contribution in [2.24, 2.45) is 16.5 Å². The number of aliphatic imine (C=N–C) groups is 1. The zero-order chi connectivity index (χ0) is 19.6. The Morgan fingerprint density at radius 1 is 1.00 bits per heavy atom. The molecule has 3 rings (SSSR count). The number of hydrogen-bond donors (Lipinski definition) is 2. The van der Waals surface area contributed by atoms with Crippen molar-refractivity contribution in [3.8, 4) is 0 Å². The molecule has 1 aliphatic heterocycles. The van der Waals surface area contributed by atoms with E-state index in [1.54, 1.807) is 0 Å². The van der Waals surface area contributed by atoms with E-state index >= 15 is 0 Å². The molecule has 4 N–H and O–H groups in total. The average molecular weight is 470 g/mol. The van der Waals surface area contributed by atoms with Crippen LogP contribution in [0.2, 0.25) is 0 Å². The van der Waals surface area contributed by atoms with Crippen LogP contribution in [0.1, 0.15) is 5.56 Å². The van der Waals surface area contributed by atoms with Crippen molar-refractivity contribution < 1.29 is 0 Å². The normalized spacial score (nSPS) is 11.7. The van der Waals surface area contributed by atoms with E-state index in [2.05, 4.69) is 88.0 Å². The van der Waals surface area contributed by atoms with Crippen LogP contribution >= 0.6 is 10.0 Å². The molecule has 3 radical (unpaired) electrons. The summed E-state index contributed by atoms with van der Waals surface area (Å²) in [5, 5.41) is 6.99. The van der Waals surface area contributed by atoms with E-state index in [0.717, 1.165) is 25.3 Å². The molecule has 8 heteroatoms. The molecule has 0 spiro atoms. The van der Waals surface area contributed by atoms with Crippen LogP contribution in [-0.2, 0) is 31.7 Å². The van der Waals surface area contributed by atoms with Gasteiger partial charge in [0.2, 0.25) is 0 Å². The summed E-state index contributed by atoms with van der Waals surface area (Å²) in [6, 6.07) is 14.9. The Morgan fingerprint density at radius 2 is 1.58 bits per heavy atom. The molecule has 26 heavy (non-hydrogen) atoms. The summed E-state index contributed by atoms with van der Waals surface area (Å²) in [5.74, 6) is 2.36. The first-order valence-electron chi connectivity index (χ1n) is 8.19. The molecule has 0 aliphatic carbocycles. The van der Waals surface area contributed by atoms with Gasteiger partial charge in [0, 0.05) is 0 Å². The van der Waals surface area contributed by atoms with Gasteiger partial charge in [0.05, 0.1) is 0 Å². The van der Waals surface area contributed by atoms with Gasteiger partial charge in [-0.1, -0.05) is 61.4 Å². The fourth-order valence-corrected chi connectivity index (χ4v) is 2.14. The summed E-state index contributed by atoms with van der Waals surface area (Å²) in [5.41, 5.74) is 11.2. The molecule has 0 fully saturated rings. The van der Waals surface area contributed by atoms with Gasteiger partial charge in [-0.15, -0.1) is 0 Å². The minimum atomic E-state index is 0.634. The minimum absolute atomic E-state index is 0.634. The van der Waals surface area contributed by atoms with Crippen LogP contribution in [-0.4, -0.2) is 59.1 Å². The van der Waals surface area contributed by atoms with Crippen molar-refractivity contribution in [1.82, 2.24) is 0 Å². The third kappa shape index (κ3) is 10.7. The molecule has 0 bridgehead atoms. The molecule has 0 unspecified atom stereocenters. The predicted molar refractivity (Wildman–Crippen MR) is 122 cm³/mol. The number of rotatable bonds is 4. The third-order valence-electron chi connectivity index (χ3n) is 3.15. The number of amidine groups is 1. The number of fused-ring (bicyclic) bond motifs is 1. The van der Waals surface area contributed by atoms with Gasteiger partial charge in [0.15, 0.2) is 0 Å². The fourth-order valence-electron chi connectivity index (χ4n) is 2.14. The van der Waals surface area contributed by atoms with Crippen LogP contribution in [0.3, 0.4) is 0 Å². The Labute approximate surface area is 180 Å². The maximum atomic E-state index is 4.92. The molecule has 0 aromatic heterocycles. The molecule has 143 valence electrons. The molecule has 2 aromatic carbocycles. The molecule has 2 aromatic rings. The summed E-state index contributed by atoms with van der Waals surface area (Å²) >= 11 is 10.3. The standard InChI is InChI=1S/C14H13N2.2C2H7NS.ClGe/c1-2-7-13-11(4-1)5-3-6-12(13)10-14-15-8-9-16-14;2*3-1-2-4;1-2/h1-7H,8-10H2;2*4H,1-3H2;/q-1;;;/p-2. The van der Waals surface area contributed by atoms with Crippen LogP contribution in [0.15, 0.2) is 47.5 Å². The molecule has 0 amide bonds. The summed E-state index contributed by atoms with van der Waals surface area (Å²) in [7, 11) is 4.64. The molecule has 1 aliphatic rings. The number of halogens is 1. The maximum Gasteiger partial charge on any atom is -0.0103 e. The van der Waals surface area contributed by atoms with Crippen molar-refractivity contribution in [1.29, 1.82) is 0 Å². The van der Waals surface area contributed by atoms with E-state index < -0.39 is 0 Å². The monoisotopic (exact) mass is 470 g/mol. The molecule has 0 saturated carbocycles. The van der Waals surface area contributed by atoms with E-state index in [1.807, 2.05) is 0 Å². The van der Waals surface area contributed by atoms with Crippen molar-refractivity contribution in [3.63, 3.8) is 0 Å².